The van der Waals surface area contributed by atoms with Crippen LogP contribution in [0.2, 0.25) is 0 Å². The molecular weight excluding hydrogens is 212 g/mol. The fourth-order valence-corrected chi connectivity index (χ4v) is 1.73. The van der Waals surface area contributed by atoms with Crippen molar-refractivity contribution in [2.45, 2.75) is 52.5 Å². The van der Waals surface area contributed by atoms with Gasteiger partial charge in [-0.05, 0) is 26.8 Å². The molecule has 1 N–H and O–H groups in total. The van der Waals surface area contributed by atoms with E-state index in [2.05, 4.69) is 38.0 Å². The Morgan fingerprint density at radius 3 is 2.53 bits per heavy atom. The highest BCUT2D eigenvalue weighted by atomic mass is 16.5. The van der Waals surface area contributed by atoms with E-state index < -0.39 is 0 Å². The van der Waals surface area contributed by atoms with E-state index in [1.54, 1.807) is 0 Å². The van der Waals surface area contributed by atoms with Crippen LogP contribution in [-0.4, -0.2) is 50.8 Å². The van der Waals surface area contributed by atoms with Crippen molar-refractivity contribution in [3.8, 4) is 0 Å². The number of likely N-dealkylation sites (N-methyl/N-ethyl adjacent to an activating group) is 1. The van der Waals surface area contributed by atoms with Gasteiger partial charge in [0, 0.05) is 32.3 Å². The van der Waals surface area contributed by atoms with E-state index in [9.17, 15) is 0 Å². The SMILES string of the molecule is CCCCOCCNCCN(C)C(C)CCC. The van der Waals surface area contributed by atoms with Crippen LogP contribution in [0.3, 0.4) is 0 Å². The maximum Gasteiger partial charge on any atom is 0.0590 e. The summed E-state index contributed by atoms with van der Waals surface area (Å²) >= 11 is 0. The fourth-order valence-electron chi connectivity index (χ4n) is 1.73. The third-order valence-electron chi connectivity index (χ3n) is 3.17. The van der Waals surface area contributed by atoms with Crippen molar-refractivity contribution < 1.29 is 4.74 Å². The van der Waals surface area contributed by atoms with E-state index >= 15 is 0 Å². The van der Waals surface area contributed by atoms with Crippen LogP contribution < -0.4 is 5.32 Å². The van der Waals surface area contributed by atoms with Crippen molar-refractivity contribution in [2.75, 3.05) is 39.9 Å². The summed E-state index contributed by atoms with van der Waals surface area (Å²) in [7, 11) is 2.21. The molecule has 1 atom stereocenters. The maximum atomic E-state index is 5.49. The summed E-state index contributed by atoms with van der Waals surface area (Å²) in [6, 6.07) is 0.697. The van der Waals surface area contributed by atoms with Gasteiger partial charge in [0.05, 0.1) is 6.61 Å². The number of ether oxygens (including phenoxy) is 1. The van der Waals surface area contributed by atoms with Gasteiger partial charge in [-0.3, -0.25) is 0 Å². The molecule has 0 aliphatic rings. The third kappa shape index (κ3) is 10.7. The van der Waals surface area contributed by atoms with Gasteiger partial charge in [0.1, 0.15) is 0 Å². The third-order valence-corrected chi connectivity index (χ3v) is 3.17. The zero-order chi connectivity index (χ0) is 12.9. The first-order chi connectivity index (χ1) is 8.22. The predicted molar refractivity (Wildman–Crippen MR) is 75.6 cm³/mol. The molecule has 0 aliphatic carbocycles. The Hall–Kier alpha value is -0.120. The smallest absolute Gasteiger partial charge is 0.0590 e. The lowest BCUT2D eigenvalue weighted by Crippen LogP contribution is -2.36. The Balaban J connectivity index is 3.21. The average Bonchev–Trinajstić information content (AvgIpc) is 2.32. The van der Waals surface area contributed by atoms with Crippen molar-refractivity contribution in [2.24, 2.45) is 0 Å². The Bertz CT molecular complexity index is 153. The van der Waals surface area contributed by atoms with Crippen LogP contribution in [0.4, 0.5) is 0 Å². The lowest BCUT2D eigenvalue weighted by molar-refractivity contribution is 0.132. The number of hydrogen-bond acceptors (Lipinski definition) is 3. The summed E-state index contributed by atoms with van der Waals surface area (Å²) < 4.78 is 5.49. The maximum absolute atomic E-state index is 5.49. The summed E-state index contributed by atoms with van der Waals surface area (Å²) in [6.07, 6.45) is 4.95. The highest BCUT2D eigenvalue weighted by Gasteiger charge is 2.06. The van der Waals surface area contributed by atoms with E-state index in [1.165, 1.54) is 25.7 Å². The molecule has 0 aliphatic heterocycles. The minimum Gasteiger partial charge on any atom is -0.380 e. The van der Waals surface area contributed by atoms with Gasteiger partial charge < -0.3 is 15.0 Å². The van der Waals surface area contributed by atoms with Gasteiger partial charge in [-0.25, -0.2) is 0 Å². The average molecular weight is 244 g/mol. The first-order valence-corrected chi connectivity index (χ1v) is 7.21. The molecule has 0 aromatic heterocycles. The Kier molecular flexibility index (Phi) is 12.3. The molecule has 0 aromatic carbocycles. The standard InChI is InChI=1S/C14H32N2O/c1-5-7-12-17-13-10-15-9-11-16(4)14(3)8-6-2/h14-15H,5-13H2,1-4H3. The number of hydrogen-bond donors (Lipinski definition) is 1. The van der Waals surface area contributed by atoms with Crippen LogP contribution >= 0.6 is 0 Å². The lowest BCUT2D eigenvalue weighted by atomic mass is 10.2. The zero-order valence-corrected chi connectivity index (χ0v) is 12.3. The molecule has 0 heterocycles. The highest BCUT2D eigenvalue weighted by molar-refractivity contribution is 4.63. The van der Waals surface area contributed by atoms with Gasteiger partial charge in [-0.15, -0.1) is 0 Å². The van der Waals surface area contributed by atoms with Gasteiger partial charge >= 0.3 is 0 Å². The molecule has 0 bridgehead atoms. The van der Waals surface area contributed by atoms with Gasteiger partial charge in [-0.2, -0.15) is 0 Å². The van der Waals surface area contributed by atoms with E-state index in [4.69, 9.17) is 4.74 Å². The van der Waals surface area contributed by atoms with Gasteiger partial charge in [0.15, 0.2) is 0 Å². The summed E-state index contributed by atoms with van der Waals surface area (Å²) in [5, 5.41) is 3.42. The van der Waals surface area contributed by atoms with E-state index in [1.807, 2.05) is 0 Å². The van der Waals surface area contributed by atoms with Crippen LogP contribution in [0.25, 0.3) is 0 Å². The number of unbranched alkanes of at least 4 members (excludes halogenated alkanes) is 1. The van der Waals surface area contributed by atoms with Gasteiger partial charge in [0.2, 0.25) is 0 Å². The Morgan fingerprint density at radius 1 is 1.12 bits per heavy atom. The fraction of sp³-hybridized carbons (Fsp3) is 1.00. The molecule has 3 nitrogen and oxygen atoms in total. The molecule has 0 fully saturated rings. The van der Waals surface area contributed by atoms with Crippen LogP contribution in [-0.2, 0) is 4.74 Å². The van der Waals surface area contributed by atoms with Gasteiger partial charge in [-0.1, -0.05) is 26.7 Å². The first kappa shape index (κ1) is 16.9. The minimum atomic E-state index is 0.697. The topological polar surface area (TPSA) is 24.5 Å². The van der Waals surface area contributed by atoms with E-state index in [-0.39, 0.29) is 0 Å². The van der Waals surface area contributed by atoms with Gasteiger partial charge in [0.25, 0.3) is 0 Å². The molecule has 0 amide bonds. The van der Waals surface area contributed by atoms with Crippen molar-refractivity contribution in [1.29, 1.82) is 0 Å². The number of nitrogens with one attached hydrogen (secondary N) is 1. The van der Waals surface area contributed by atoms with Crippen molar-refractivity contribution in [3.05, 3.63) is 0 Å². The minimum absolute atomic E-state index is 0.697. The molecule has 0 spiro atoms. The molecule has 104 valence electrons. The predicted octanol–water partition coefficient (Wildman–Crippen LogP) is 2.51. The van der Waals surface area contributed by atoms with Crippen LogP contribution in [0.1, 0.15) is 46.5 Å². The molecule has 0 radical (unpaired) electrons. The molecule has 17 heavy (non-hydrogen) atoms. The summed E-state index contributed by atoms with van der Waals surface area (Å²) in [6.45, 7) is 11.6. The largest absolute Gasteiger partial charge is 0.380 e. The number of nitrogens with zero attached hydrogens (tertiary/aromatic N) is 1. The van der Waals surface area contributed by atoms with E-state index in [0.29, 0.717) is 6.04 Å². The monoisotopic (exact) mass is 244 g/mol. The Labute approximate surface area is 108 Å². The first-order valence-electron chi connectivity index (χ1n) is 7.21. The summed E-state index contributed by atoms with van der Waals surface area (Å²) in [5.41, 5.74) is 0. The molecule has 3 heteroatoms. The van der Waals surface area contributed by atoms with E-state index in [0.717, 1.165) is 32.8 Å². The summed E-state index contributed by atoms with van der Waals surface area (Å²) in [4.78, 5) is 2.43. The van der Waals surface area contributed by atoms with Crippen LogP contribution in [0.15, 0.2) is 0 Å². The second-order valence-electron chi connectivity index (χ2n) is 4.83. The molecular formula is C14H32N2O. The lowest BCUT2D eigenvalue weighted by Gasteiger charge is -2.24. The second kappa shape index (κ2) is 12.3. The number of rotatable bonds is 12. The molecule has 0 aromatic rings. The molecule has 0 saturated heterocycles. The summed E-state index contributed by atoms with van der Waals surface area (Å²) in [5.74, 6) is 0. The molecule has 0 saturated carbocycles. The van der Waals surface area contributed by atoms with Crippen molar-refractivity contribution >= 4 is 0 Å². The normalized spacial score (nSPS) is 13.2. The second-order valence-corrected chi connectivity index (χ2v) is 4.83. The van der Waals surface area contributed by atoms with Crippen LogP contribution in [0.5, 0.6) is 0 Å². The molecule has 0 rings (SSSR count). The Morgan fingerprint density at radius 2 is 1.88 bits per heavy atom. The highest BCUT2D eigenvalue weighted by Crippen LogP contribution is 2.02. The molecule has 1 unspecified atom stereocenters. The van der Waals surface area contributed by atoms with Crippen LogP contribution in [0, 0.1) is 0 Å². The van der Waals surface area contributed by atoms with Crippen molar-refractivity contribution in [1.82, 2.24) is 10.2 Å². The van der Waals surface area contributed by atoms with Crippen molar-refractivity contribution in [3.63, 3.8) is 0 Å². The zero-order valence-electron chi connectivity index (χ0n) is 12.3. The quantitative estimate of drug-likeness (QED) is 0.534.